The van der Waals surface area contributed by atoms with Crippen LogP contribution >= 0.6 is 11.6 Å². The van der Waals surface area contributed by atoms with E-state index in [1.165, 1.54) is 12.1 Å². The summed E-state index contributed by atoms with van der Waals surface area (Å²) < 4.78 is 27.5. The molecule has 0 unspecified atom stereocenters. The molecule has 0 heterocycles. The van der Waals surface area contributed by atoms with Crippen LogP contribution in [0.5, 0.6) is 0 Å². The maximum atomic E-state index is 11.8. The van der Waals surface area contributed by atoms with E-state index in [2.05, 4.69) is 6.92 Å². The van der Waals surface area contributed by atoms with Crippen molar-refractivity contribution in [1.82, 2.24) is 0 Å². The lowest BCUT2D eigenvalue weighted by molar-refractivity contribution is 0.0497. The summed E-state index contributed by atoms with van der Waals surface area (Å²) in [6.07, 6.45) is 3.93. The van der Waals surface area contributed by atoms with Crippen LogP contribution < -0.4 is 5.14 Å². The van der Waals surface area contributed by atoms with Crippen molar-refractivity contribution in [3.8, 4) is 0 Å². The number of halogens is 1. The second-order valence-corrected chi connectivity index (χ2v) is 6.35. The van der Waals surface area contributed by atoms with Gasteiger partial charge in [-0.15, -0.1) is 0 Å². The van der Waals surface area contributed by atoms with Gasteiger partial charge in [0.15, 0.2) is 0 Å². The summed E-state index contributed by atoms with van der Waals surface area (Å²) in [6.45, 7) is 2.37. The van der Waals surface area contributed by atoms with Gasteiger partial charge in [0.1, 0.15) is 0 Å². The SMILES string of the molecule is CCCCCCOC(=O)c1cc(S(N)(=O)=O)ccc1Cl. The van der Waals surface area contributed by atoms with E-state index in [1.807, 2.05) is 0 Å². The normalized spacial score (nSPS) is 11.3. The van der Waals surface area contributed by atoms with Crippen LogP contribution in [0.2, 0.25) is 5.02 Å². The van der Waals surface area contributed by atoms with Crippen molar-refractivity contribution in [3.63, 3.8) is 0 Å². The molecule has 0 radical (unpaired) electrons. The molecule has 0 aliphatic carbocycles. The molecule has 0 aliphatic heterocycles. The van der Waals surface area contributed by atoms with Gasteiger partial charge in [-0.05, 0) is 24.6 Å². The fraction of sp³-hybridized carbons (Fsp3) is 0.462. The van der Waals surface area contributed by atoms with Gasteiger partial charge in [0.2, 0.25) is 10.0 Å². The number of esters is 1. The third kappa shape index (κ3) is 5.11. The molecule has 0 atom stereocenters. The topological polar surface area (TPSA) is 86.5 Å². The molecule has 0 bridgehead atoms. The Kier molecular flexibility index (Phi) is 6.45. The number of carbonyl (C=O) groups excluding carboxylic acids is 1. The number of primary sulfonamides is 1. The fourth-order valence-corrected chi connectivity index (χ4v) is 2.34. The lowest BCUT2D eigenvalue weighted by Gasteiger charge is -2.07. The molecule has 0 amide bonds. The lowest BCUT2D eigenvalue weighted by Crippen LogP contribution is -2.14. The van der Waals surface area contributed by atoms with E-state index >= 15 is 0 Å². The molecule has 0 aliphatic rings. The van der Waals surface area contributed by atoms with Gasteiger partial charge in [0.25, 0.3) is 0 Å². The van der Waals surface area contributed by atoms with Gasteiger partial charge in [0.05, 0.1) is 22.1 Å². The predicted octanol–water partition coefficient (Wildman–Crippen LogP) is 2.72. The highest BCUT2D eigenvalue weighted by Gasteiger charge is 2.16. The molecule has 1 aromatic carbocycles. The number of carbonyl (C=O) groups is 1. The number of hydrogen-bond donors (Lipinski definition) is 1. The Hall–Kier alpha value is -1.11. The molecule has 0 aromatic heterocycles. The Morgan fingerprint density at radius 3 is 2.60 bits per heavy atom. The minimum atomic E-state index is -3.87. The van der Waals surface area contributed by atoms with Gasteiger partial charge in [-0.1, -0.05) is 37.8 Å². The highest BCUT2D eigenvalue weighted by molar-refractivity contribution is 7.89. The predicted molar refractivity (Wildman–Crippen MR) is 77.2 cm³/mol. The molecule has 2 N–H and O–H groups in total. The zero-order valence-corrected chi connectivity index (χ0v) is 12.8. The summed E-state index contributed by atoms with van der Waals surface area (Å²) >= 11 is 5.87. The molecule has 20 heavy (non-hydrogen) atoms. The van der Waals surface area contributed by atoms with E-state index in [0.717, 1.165) is 31.7 Å². The van der Waals surface area contributed by atoms with Crippen LogP contribution in [0, 0.1) is 0 Å². The van der Waals surface area contributed by atoms with Crippen molar-refractivity contribution in [2.75, 3.05) is 6.61 Å². The third-order valence-corrected chi connectivity index (χ3v) is 3.96. The van der Waals surface area contributed by atoms with Gasteiger partial charge in [0, 0.05) is 0 Å². The van der Waals surface area contributed by atoms with Crippen LogP contribution in [0.4, 0.5) is 0 Å². The molecule has 0 saturated heterocycles. The number of unbranched alkanes of at least 4 members (excludes halogenated alkanes) is 3. The summed E-state index contributed by atoms with van der Waals surface area (Å²) in [5.74, 6) is -0.642. The summed E-state index contributed by atoms with van der Waals surface area (Å²) in [5.41, 5.74) is 0.00804. The lowest BCUT2D eigenvalue weighted by atomic mass is 10.2. The molecule has 7 heteroatoms. The Morgan fingerprint density at radius 1 is 1.30 bits per heavy atom. The number of sulfonamides is 1. The first-order valence-electron chi connectivity index (χ1n) is 6.35. The van der Waals surface area contributed by atoms with Crippen LogP contribution in [-0.4, -0.2) is 21.0 Å². The second-order valence-electron chi connectivity index (χ2n) is 4.38. The number of rotatable bonds is 7. The average molecular weight is 320 g/mol. The molecule has 0 spiro atoms. The van der Waals surface area contributed by atoms with Crippen LogP contribution in [0.15, 0.2) is 23.1 Å². The van der Waals surface area contributed by atoms with Crippen molar-refractivity contribution in [3.05, 3.63) is 28.8 Å². The van der Waals surface area contributed by atoms with Crippen LogP contribution in [0.25, 0.3) is 0 Å². The maximum Gasteiger partial charge on any atom is 0.339 e. The monoisotopic (exact) mass is 319 g/mol. The van der Waals surface area contributed by atoms with Crippen molar-refractivity contribution < 1.29 is 17.9 Å². The van der Waals surface area contributed by atoms with E-state index in [4.69, 9.17) is 21.5 Å². The first kappa shape index (κ1) is 16.9. The van der Waals surface area contributed by atoms with Gasteiger partial charge >= 0.3 is 5.97 Å². The van der Waals surface area contributed by atoms with Crippen LogP contribution in [0.1, 0.15) is 43.0 Å². The standard InChI is InChI=1S/C13H18ClNO4S/c1-2-3-4-5-8-19-13(16)11-9-10(20(15,17)18)6-7-12(11)14/h6-7,9H,2-5,8H2,1H3,(H2,15,17,18). The Morgan fingerprint density at radius 2 is 2.00 bits per heavy atom. The van der Waals surface area contributed by atoms with Gasteiger partial charge in [-0.2, -0.15) is 0 Å². The highest BCUT2D eigenvalue weighted by atomic mass is 35.5. The average Bonchev–Trinajstić information content (AvgIpc) is 2.37. The second kappa shape index (κ2) is 7.61. The fourth-order valence-electron chi connectivity index (χ4n) is 1.61. The molecule has 0 saturated carbocycles. The highest BCUT2D eigenvalue weighted by Crippen LogP contribution is 2.20. The number of benzene rings is 1. The molecule has 1 aromatic rings. The van der Waals surface area contributed by atoms with E-state index in [0.29, 0.717) is 0 Å². The smallest absolute Gasteiger partial charge is 0.339 e. The summed E-state index contributed by atoms with van der Waals surface area (Å²) in [7, 11) is -3.87. The Balaban J connectivity index is 2.72. The molecule has 1 rings (SSSR count). The van der Waals surface area contributed by atoms with E-state index in [1.54, 1.807) is 0 Å². The number of hydrogen-bond acceptors (Lipinski definition) is 4. The molecular formula is C13H18ClNO4S. The van der Waals surface area contributed by atoms with Crippen LogP contribution in [-0.2, 0) is 14.8 Å². The molecule has 0 fully saturated rings. The zero-order valence-electron chi connectivity index (χ0n) is 11.3. The van der Waals surface area contributed by atoms with Gasteiger partial charge in [-0.25, -0.2) is 18.4 Å². The summed E-state index contributed by atoms with van der Waals surface area (Å²) in [6, 6.07) is 3.69. The summed E-state index contributed by atoms with van der Waals surface area (Å²) in [5, 5.41) is 5.14. The molecular weight excluding hydrogens is 302 g/mol. The Labute approximate surface area is 124 Å². The summed E-state index contributed by atoms with van der Waals surface area (Å²) in [4.78, 5) is 11.7. The van der Waals surface area contributed by atoms with Gasteiger partial charge in [-0.3, -0.25) is 0 Å². The minimum Gasteiger partial charge on any atom is -0.462 e. The quantitative estimate of drug-likeness (QED) is 0.618. The maximum absolute atomic E-state index is 11.8. The zero-order chi connectivity index (χ0) is 15.2. The van der Waals surface area contributed by atoms with E-state index < -0.39 is 16.0 Å². The van der Waals surface area contributed by atoms with Crippen LogP contribution in [0.3, 0.4) is 0 Å². The van der Waals surface area contributed by atoms with E-state index in [9.17, 15) is 13.2 Å². The largest absolute Gasteiger partial charge is 0.462 e. The van der Waals surface area contributed by atoms with Gasteiger partial charge < -0.3 is 4.74 Å². The first-order valence-corrected chi connectivity index (χ1v) is 8.28. The molecule has 112 valence electrons. The Bertz CT molecular complexity index is 572. The van der Waals surface area contributed by atoms with Crippen molar-refractivity contribution in [2.45, 2.75) is 37.5 Å². The van der Waals surface area contributed by atoms with Crippen molar-refractivity contribution >= 4 is 27.6 Å². The number of nitrogens with two attached hydrogens (primary N) is 1. The first-order chi connectivity index (χ1) is 9.36. The minimum absolute atomic E-state index is 0.00804. The molecule has 5 nitrogen and oxygen atoms in total. The van der Waals surface area contributed by atoms with E-state index in [-0.39, 0.29) is 22.1 Å². The van der Waals surface area contributed by atoms with Crippen molar-refractivity contribution in [2.24, 2.45) is 5.14 Å². The number of ether oxygens (including phenoxy) is 1. The third-order valence-electron chi connectivity index (χ3n) is 2.72. The van der Waals surface area contributed by atoms with Crippen molar-refractivity contribution in [1.29, 1.82) is 0 Å².